The quantitative estimate of drug-likeness (QED) is 0.346. The van der Waals surface area contributed by atoms with Crippen molar-refractivity contribution in [2.75, 3.05) is 0 Å². The van der Waals surface area contributed by atoms with Crippen molar-refractivity contribution >= 4 is 6.16 Å². The fourth-order valence-corrected chi connectivity index (χ4v) is 0. The number of carbonyl (C=O) groups excluding carboxylic acids is 1. The zero-order valence-electron chi connectivity index (χ0n) is 2.88. The van der Waals surface area contributed by atoms with E-state index in [4.69, 9.17) is 15.0 Å². The molecule has 0 aromatic rings. The van der Waals surface area contributed by atoms with Crippen molar-refractivity contribution < 1.29 is 40.0 Å². The summed E-state index contributed by atoms with van der Waals surface area (Å²) in [5, 5.41) is 16.7. The summed E-state index contributed by atoms with van der Waals surface area (Å²) in [7, 11) is 0. The summed E-state index contributed by atoms with van der Waals surface area (Å²) in [6.45, 7) is 0. The van der Waals surface area contributed by atoms with Gasteiger partial charge >= 0.3 is 19.5 Å². The van der Waals surface area contributed by atoms with Gasteiger partial charge in [-0.2, -0.15) is 0 Å². The second-order valence-corrected chi connectivity index (χ2v) is 0.250. The van der Waals surface area contributed by atoms with E-state index < -0.39 is 6.16 Å². The van der Waals surface area contributed by atoms with Gasteiger partial charge < -0.3 is 20.5 Å². The van der Waals surface area contributed by atoms with Gasteiger partial charge in [0.05, 0.1) is 0 Å². The molecule has 0 aliphatic carbocycles. The summed E-state index contributed by atoms with van der Waals surface area (Å²) in [6, 6.07) is 0. The Bertz CT molecular complexity index is 30.5. The van der Waals surface area contributed by atoms with E-state index in [9.17, 15) is 0 Å². The zero-order chi connectivity index (χ0) is 3.58. The van der Waals surface area contributed by atoms with Crippen LogP contribution in [0.1, 0.15) is 0 Å². The Hall–Kier alpha value is -0.147. The molecule has 0 atom stereocenters. The minimum atomic E-state index is -2.33. The summed E-state index contributed by atoms with van der Waals surface area (Å²) in [6.07, 6.45) is -2.33. The van der Waals surface area contributed by atoms with Crippen LogP contribution in [0, 0.1) is 0 Å². The Balaban J connectivity index is -0.0000000450. The first-order valence-electron chi connectivity index (χ1n) is 0.612. The molecule has 5 heteroatoms. The van der Waals surface area contributed by atoms with Gasteiger partial charge in [-0.25, -0.2) is 0 Å². The fraction of sp³-hybridized carbons (Fsp3) is 0. The summed E-state index contributed by atoms with van der Waals surface area (Å²) >= 11 is 0. The number of carboxylic acid groups (broad SMARTS) is 2. The van der Waals surface area contributed by atoms with Gasteiger partial charge in [0.1, 0.15) is 0 Å². The van der Waals surface area contributed by atoms with Gasteiger partial charge in [-0.05, 0) is 6.16 Å². The first kappa shape index (κ1) is 16.9. The van der Waals surface area contributed by atoms with Gasteiger partial charge in [0.2, 0.25) is 0 Å². The average Bonchev–Trinajstić information content (AvgIpc) is 0.811. The first-order chi connectivity index (χ1) is 1.73. The zero-order valence-corrected chi connectivity index (χ0v) is 5.85. The summed E-state index contributed by atoms with van der Waals surface area (Å²) in [5.41, 5.74) is 0. The van der Waals surface area contributed by atoms with E-state index in [1.54, 1.807) is 0 Å². The Labute approximate surface area is 46.9 Å². The smallest absolute Gasteiger partial charge is 0.870 e. The van der Waals surface area contributed by atoms with Crippen molar-refractivity contribution in [3.63, 3.8) is 0 Å². The molecule has 0 saturated carbocycles. The third-order valence-electron chi connectivity index (χ3n) is 0. The maximum Gasteiger partial charge on any atom is 2.00 e. The van der Waals surface area contributed by atoms with Crippen molar-refractivity contribution in [1.82, 2.24) is 0 Å². The Morgan fingerprint density at radius 2 is 1.33 bits per heavy atom. The van der Waals surface area contributed by atoms with Crippen LogP contribution in [0.3, 0.4) is 0 Å². The molecule has 0 aliphatic heterocycles. The molecule has 0 unspecified atom stereocenters. The third kappa shape index (κ3) is 1460. The normalized spacial score (nSPS) is 4.00. The van der Waals surface area contributed by atoms with Crippen molar-refractivity contribution in [3.8, 4) is 0 Å². The van der Waals surface area contributed by atoms with Gasteiger partial charge in [0.25, 0.3) is 0 Å². The first-order valence-corrected chi connectivity index (χ1v) is 0.612. The van der Waals surface area contributed by atoms with Crippen molar-refractivity contribution in [1.29, 1.82) is 0 Å². The molecule has 1 N–H and O–H groups in total. The fourth-order valence-electron chi connectivity index (χ4n) is 0. The second kappa shape index (κ2) is 8.85. The van der Waals surface area contributed by atoms with E-state index in [1.165, 1.54) is 0 Å². The van der Waals surface area contributed by atoms with E-state index in [0.29, 0.717) is 0 Å². The summed E-state index contributed by atoms with van der Waals surface area (Å²) < 4.78 is 0. The van der Waals surface area contributed by atoms with Crippen molar-refractivity contribution in [3.05, 3.63) is 0 Å². The Morgan fingerprint density at radius 3 is 1.33 bits per heavy atom. The monoisotopic (exact) mass is 141 g/mol. The van der Waals surface area contributed by atoms with Gasteiger partial charge in [-0.3, -0.25) is 0 Å². The van der Waals surface area contributed by atoms with Gasteiger partial charge in [-0.15, -0.1) is 0 Å². The van der Waals surface area contributed by atoms with Crippen LogP contribution in [0.4, 0.5) is 4.79 Å². The molecule has 0 saturated heterocycles. The SMILES string of the molecule is O=C([O-])[O-].[OH-].[Zn+2]. The molecule has 0 heterocycles. The minimum Gasteiger partial charge on any atom is -0.870 e. The van der Waals surface area contributed by atoms with Crippen LogP contribution in [0.2, 0.25) is 0 Å². The Kier molecular flexibility index (Phi) is 25.0. The van der Waals surface area contributed by atoms with Gasteiger partial charge in [0, 0.05) is 0 Å². The van der Waals surface area contributed by atoms with E-state index in [1.807, 2.05) is 0 Å². The molecule has 0 aromatic carbocycles. The van der Waals surface area contributed by atoms with Gasteiger partial charge in [0.15, 0.2) is 0 Å². The molecule has 0 aliphatic rings. The maximum atomic E-state index is 8.33. The largest absolute Gasteiger partial charge is 2.00 e. The third-order valence-corrected chi connectivity index (χ3v) is 0. The topological polar surface area (TPSA) is 93.2 Å². The molecule has 32 valence electrons. The Morgan fingerprint density at radius 1 is 1.33 bits per heavy atom. The molecule has 0 amide bonds. The molecule has 0 radical (unpaired) electrons. The molecule has 0 fully saturated rings. The number of rotatable bonds is 0. The number of hydrogen-bond donors (Lipinski definition) is 0. The molecule has 4 nitrogen and oxygen atoms in total. The van der Waals surface area contributed by atoms with Crippen LogP contribution < -0.4 is 10.2 Å². The second-order valence-electron chi connectivity index (χ2n) is 0.250. The van der Waals surface area contributed by atoms with E-state index in [-0.39, 0.29) is 25.0 Å². The standard InChI is InChI=1S/CH2O3.H2O.Zn/c2-1(3)4;;/h(H2,2,3,4);1H2;/q;;+2/p-3. The van der Waals surface area contributed by atoms with E-state index >= 15 is 0 Å². The molecule has 0 rings (SSSR count). The number of hydrogen-bond acceptors (Lipinski definition) is 4. The van der Waals surface area contributed by atoms with E-state index in [0.717, 1.165) is 0 Å². The average molecular weight is 142 g/mol. The molecule has 6 heavy (non-hydrogen) atoms. The molecule has 0 spiro atoms. The van der Waals surface area contributed by atoms with Crippen LogP contribution in [-0.2, 0) is 19.5 Å². The number of carbonyl (C=O) groups is 1. The van der Waals surface area contributed by atoms with Crippen LogP contribution >= 0.6 is 0 Å². The predicted octanol–water partition coefficient (Wildman–Crippen LogP) is -2.63. The molecule has 0 bridgehead atoms. The minimum absolute atomic E-state index is 0. The van der Waals surface area contributed by atoms with Crippen LogP contribution in [0.25, 0.3) is 0 Å². The van der Waals surface area contributed by atoms with Gasteiger partial charge in [-0.1, -0.05) is 0 Å². The van der Waals surface area contributed by atoms with Crippen LogP contribution in [0.15, 0.2) is 0 Å². The van der Waals surface area contributed by atoms with Crippen LogP contribution in [0.5, 0.6) is 0 Å². The maximum absolute atomic E-state index is 8.33. The van der Waals surface area contributed by atoms with Crippen LogP contribution in [-0.4, -0.2) is 11.6 Å². The molecular formula is CHO4Zn-. The van der Waals surface area contributed by atoms with Crippen molar-refractivity contribution in [2.45, 2.75) is 0 Å². The summed E-state index contributed by atoms with van der Waals surface area (Å²) in [5.74, 6) is 0. The molecular weight excluding hydrogens is 141 g/mol. The summed E-state index contributed by atoms with van der Waals surface area (Å²) in [4.78, 5) is 8.33. The predicted molar refractivity (Wildman–Crippen MR) is 7.33 cm³/mol. The molecule has 0 aromatic heterocycles. The van der Waals surface area contributed by atoms with Crippen molar-refractivity contribution in [2.24, 2.45) is 0 Å². The van der Waals surface area contributed by atoms with E-state index in [2.05, 4.69) is 0 Å².